The standard InChI is InChI=1S/C21H26ClN5O3/c1-21(2,3)30-20(29)27-10-9-26(17(13-27)18(23)28)12-14-5-4-6-15(11-14)16-7-8-24-19(22)25-16/h4-8,11,17H,9-10,12-13H2,1-3H3,(H2,23,28). The van der Waals surface area contributed by atoms with Crippen LogP contribution in [-0.4, -0.2) is 63.0 Å². The van der Waals surface area contributed by atoms with Crippen LogP contribution in [-0.2, 0) is 16.1 Å². The quantitative estimate of drug-likeness (QED) is 0.747. The number of rotatable bonds is 4. The lowest BCUT2D eigenvalue weighted by Gasteiger charge is -2.40. The van der Waals surface area contributed by atoms with Crippen molar-refractivity contribution >= 4 is 23.6 Å². The van der Waals surface area contributed by atoms with Gasteiger partial charge in [0.15, 0.2) is 0 Å². The highest BCUT2D eigenvalue weighted by Crippen LogP contribution is 2.22. The number of carbonyl (C=O) groups is 2. The molecule has 1 aliphatic heterocycles. The summed E-state index contributed by atoms with van der Waals surface area (Å²) in [6.07, 6.45) is 1.17. The molecule has 0 saturated carbocycles. The van der Waals surface area contributed by atoms with Crippen LogP contribution in [0.5, 0.6) is 0 Å². The molecule has 1 fully saturated rings. The average molecular weight is 432 g/mol. The molecule has 0 spiro atoms. The number of aromatic nitrogens is 2. The molecule has 0 radical (unpaired) electrons. The molecule has 2 heterocycles. The third-order valence-electron chi connectivity index (χ3n) is 4.71. The number of primary amides is 1. The molecule has 0 aliphatic carbocycles. The Hall–Kier alpha value is -2.71. The number of amides is 2. The van der Waals surface area contributed by atoms with Gasteiger partial charge in [-0.05, 0) is 50.1 Å². The van der Waals surface area contributed by atoms with Crippen molar-refractivity contribution in [2.45, 2.75) is 39.0 Å². The number of piperazine rings is 1. The maximum Gasteiger partial charge on any atom is 0.410 e. The first-order valence-electron chi connectivity index (χ1n) is 9.71. The van der Waals surface area contributed by atoms with E-state index < -0.39 is 23.6 Å². The van der Waals surface area contributed by atoms with Crippen LogP contribution in [0.25, 0.3) is 11.3 Å². The lowest BCUT2D eigenvalue weighted by atomic mass is 10.1. The van der Waals surface area contributed by atoms with Crippen LogP contribution in [0.15, 0.2) is 36.5 Å². The van der Waals surface area contributed by atoms with Gasteiger partial charge in [-0.15, -0.1) is 0 Å². The SMILES string of the molecule is CC(C)(C)OC(=O)N1CCN(Cc2cccc(-c3ccnc(Cl)n3)c2)C(C(N)=O)C1. The van der Waals surface area contributed by atoms with Gasteiger partial charge in [0, 0.05) is 37.9 Å². The summed E-state index contributed by atoms with van der Waals surface area (Å²) >= 11 is 5.90. The van der Waals surface area contributed by atoms with Gasteiger partial charge >= 0.3 is 6.09 Å². The van der Waals surface area contributed by atoms with Crippen LogP contribution in [0.4, 0.5) is 4.79 Å². The van der Waals surface area contributed by atoms with E-state index in [2.05, 4.69) is 9.97 Å². The van der Waals surface area contributed by atoms with Crippen molar-refractivity contribution in [1.29, 1.82) is 0 Å². The topological polar surface area (TPSA) is 102 Å². The molecule has 160 valence electrons. The maximum atomic E-state index is 12.4. The zero-order chi connectivity index (χ0) is 21.9. The lowest BCUT2D eigenvalue weighted by Crippen LogP contribution is -2.59. The first-order chi connectivity index (χ1) is 14.1. The van der Waals surface area contributed by atoms with Crippen molar-refractivity contribution in [3.8, 4) is 11.3 Å². The van der Waals surface area contributed by atoms with Gasteiger partial charge in [-0.2, -0.15) is 0 Å². The molecule has 1 aromatic heterocycles. The molecule has 30 heavy (non-hydrogen) atoms. The molecule has 0 bridgehead atoms. The number of halogens is 1. The Balaban J connectivity index is 1.73. The van der Waals surface area contributed by atoms with Crippen LogP contribution < -0.4 is 5.73 Å². The van der Waals surface area contributed by atoms with Crippen molar-refractivity contribution in [3.05, 3.63) is 47.4 Å². The molecule has 3 rings (SSSR count). The molecule has 2 N–H and O–H groups in total. The molecule has 1 saturated heterocycles. The van der Waals surface area contributed by atoms with Gasteiger partial charge in [-0.3, -0.25) is 9.69 Å². The van der Waals surface area contributed by atoms with E-state index in [1.165, 1.54) is 4.90 Å². The van der Waals surface area contributed by atoms with E-state index in [0.29, 0.717) is 19.6 Å². The number of nitrogens with two attached hydrogens (primary N) is 1. The summed E-state index contributed by atoms with van der Waals surface area (Å²) < 4.78 is 5.43. The minimum atomic E-state index is -0.596. The largest absolute Gasteiger partial charge is 0.444 e. The molecule has 8 nitrogen and oxygen atoms in total. The molecule has 9 heteroatoms. The van der Waals surface area contributed by atoms with Crippen LogP contribution >= 0.6 is 11.6 Å². The maximum absolute atomic E-state index is 12.4. The average Bonchev–Trinajstić information content (AvgIpc) is 2.67. The summed E-state index contributed by atoms with van der Waals surface area (Å²) in [6.45, 7) is 7.11. The van der Waals surface area contributed by atoms with E-state index in [4.69, 9.17) is 22.1 Å². The Morgan fingerprint density at radius 3 is 2.70 bits per heavy atom. The summed E-state index contributed by atoms with van der Waals surface area (Å²) in [5, 5.41) is 0.185. The van der Waals surface area contributed by atoms with E-state index >= 15 is 0 Å². The smallest absolute Gasteiger partial charge is 0.410 e. The fourth-order valence-electron chi connectivity index (χ4n) is 3.33. The fourth-order valence-corrected chi connectivity index (χ4v) is 3.48. The van der Waals surface area contributed by atoms with Crippen molar-refractivity contribution in [2.75, 3.05) is 19.6 Å². The van der Waals surface area contributed by atoms with Crippen molar-refractivity contribution in [1.82, 2.24) is 19.8 Å². The van der Waals surface area contributed by atoms with Crippen molar-refractivity contribution in [3.63, 3.8) is 0 Å². The number of hydrogen-bond donors (Lipinski definition) is 1. The van der Waals surface area contributed by atoms with Crippen molar-refractivity contribution in [2.24, 2.45) is 5.73 Å². The second-order valence-corrected chi connectivity index (χ2v) is 8.56. The number of carbonyl (C=O) groups excluding carboxylic acids is 2. The Labute approximate surface area is 181 Å². The monoisotopic (exact) mass is 431 g/mol. The summed E-state index contributed by atoms with van der Waals surface area (Å²) in [5.41, 5.74) is 7.67. The summed E-state index contributed by atoms with van der Waals surface area (Å²) in [4.78, 5) is 36.2. The molecular formula is C21H26ClN5O3. The van der Waals surface area contributed by atoms with E-state index in [0.717, 1.165) is 16.8 Å². The zero-order valence-corrected chi connectivity index (χ0v) is 18.1. The number of hydrogen-bond acceptors (Lipinski definition) is 6. The molecule has 2 amide bonds. The van der Waals surface area contributed by atoms with E-state index in [1.807, 2.05) is 49.9 Å². The van der Waals surface area contributed by atoms with Crippen LogP contribution in [0.1, 0.15) is 26.3 Å². The Morgan fingerprint density at radius 2 is 2.03 bits per heavy atom. The highest BCUT2D eigenvalue weighted by molar-refractivity contribution is 6.28. The van der Waals surface area contributed by atoms with Gasteiger partial charge < -0.3 is 15.4 Å². The fraction of sp³-hybridized carbons (Fsp3) is 0.429. The van der Waals surface area contributed by atoms with E-state index in [1.54, 1.807) is 12.3 Å². The summed E-state index contributed by atoms with van der Waals surface area (Å²) in [6, 6.07) is 9.03. The normalized spacial score (nSPS) is 17.6. The molecule has 1 atom stereocenters. The molecular weight excluding hydrogens is 406 g/mol. The summed E-state index contributed by atoms with van der Waals surface area (Å²) in [7, 11) is 0. The van der Waals surface area contributed by atoms with Gasteiger partial charge in [-0.1, -0.05) is 18.2 Å². The van der Waals surface area contributed by atoms with Gasteiger partial charge in [-0.25, -0.2) is 14.8 Å². The number of nitrogens with zero attached hydrogens (tertiary/aromatic N) is 4. The Bertz CT molecular complexity index is 931. The van der Waals surface area contributed by atoms with E-state index in [9.17, 15) is 9.59 Å². The van der Waals surface area contributed by atoms with Crippen molar-refractivity contribution < 1.29 is 14.3 Å². The van der Waals surface area contributed by atoms with Crippen LogP contribution in [0.2, 0.25) is 5.28 Å². The van der Waals surface area contributed by atoms with Gasteiger partial charge in [0.25, 0.3) is 0 Å². The highest BCUT2D eigenvalue weighted by atomic mass is 35.5. The summed E-state index contributed by atoms with van der Waals surface area (Å²) in [5.74, 6) is -0.470. The Morgan fingerprint density at radius 1 is 1.27 bits per heavy atom. The third kappa shape index (κ3) is 5.67. The first kappa shape index (κ1) is 22.0. The third-order valence-corrected chi connectivity index (χ3v) is 4.89. The van der Waals surface area contributed by atoms with E-state index in [-0.39, 0.29) is 11.8 Å². The first-order valence-corrected chi connectivity index (χ1v) is 10.1. The minimum absolute atomic E-state index is 0.185. The zero-order valence-electron chi connectivity index (χ0n) is 17.3. The predicted molar refractivity (Wildman–Crippen MR) is 114 cm³/mol. The molecule has 1 unspecified atom stereocenters. The second kappa shape index (κ2) is 8.97. The predicted octanol–water partition coefficient (Wildman–Crippen LogP) is 2.70. The molecule has 2 aromatic rings. The van der Waals surface area contributed by atoms with Gasteiger partial charge in [0.2, 0.25) is 11.2 Å². The number of benzene rings is 1. The van der Waals surface area contributed by atoms with Crippen LogP contribution in [0, 0.1) is 0 Å². The van der Waals surface area contributed by atoms with Crippen LogP contribution in [0.3, 0.4) is 0 Å². The Kier molecular flexibility index (Phi) is 6.58. The lowest BCUT2D eigenvalue weighted by molar-refractivity contribution is -0.125. The molecule has 1 aromatic carbocycles. The minimum Gasteiger partial charge on any atom is -0.444 e. The second-order valence-electron chi connectivity index (χ2n) is 8.23. The number of ether oxygens (including phenoxy) is 1. The van der Waals surface area contributed by atoms with Gasteiger partial charge in [0.05, 0.1) is 5.69 Å². The molecule has 1 aliphatic rings. The highest BCUT2D eigenvalue weighted by Gasteiger charge is 2.34. The van der Waals surface area contributed by atoms with Gasteiger partial charge in [0.1, 0.15) is 11.6 Å².